The molecule has 0 amide bonds. The molecule has 1 aliphatic rings. The number of aliphatic hydroxyl groups is 1. The van der Waals surface area contributed by atoms with E-state index in [9.17, 15) is 5.11 Å². The van der Waals surface area contributed by atoms with Crippen LogP contribution in [0.3, 0.4) is 0 Å². The normalized spacial score (nSPS) is 31.6. The first-order chi connectivity index (χ1) is 6.02. The Hall–Kier alpha value is -0.0800. The second-order valence-electron chi connectivity index (χ2n) is 4.94. The predicted octanol–water partition coefficient (Wildman–Crippen LogP) is 1.78. The van der Waals surface area contributed by atoms with E-state index in [-0.39, 0.29) is 6.10 Å². The summed E-state index contributed by atoms with van der Waals surface area (Å²) in [4.78, 5) is 0. The van der Waals surface area contributed by atoms with Gasteiger partial charge < -0.3 is 10.4 Å². The number of nitrogens with one attached hydrogen (secondary N) is 1. The lowest BCUT2D eigenvalue weighted by atomic mass is 9.98. The van der Waals surface area contributed by atoms with Crippen molar-refractivity contribution in [3.8, 4) is 0 Å². The zero-order valence-corrected chi connectivity index (χ0v) is 9.25. The van der Waals surface area contributed by atoms with E-state index >= 15 is 0 Å². The molecule has 2 heteroatoms. The molecular weight excluding hydrogens is 162 g/mol. The number of hydrogen-bond donors (Lipinski definition) is 2. The van der Waals surface area contributed by atoms with Crippen molar-refractivity contribution in [1.29, 1.82) is 0 Å². The van der Waals surface area contributed by atoms with Crippen molar-refractivity contribution in [3.05, 3.63) is 0 Å². The summed E-state index contributed by atoms with van der Waals surface area (Å²) in [7, 11) is 0. The lowest BCUT2D eigenvalue weighted by Crippen LogP contribution is -2.42. The molecule has 0 bridgehead atoms. The van der Waals surface area contributed by atoms with Gasteiger partial charge in [-0.05, 0) is 24.7 Å². The third-order valence-electron chi connectivity index (χ3n) is 3.12. The van der Waals surface area contributed by atoms with Gasteiger partial charge in [0.25, 0.3) is 0 Å². The van der Waals surface area contributed by atoms with Crippen LogP contribution in [0.4, 0.5) is 0 Å². The van der Waals surface area contributed by atoms with Crippen LogP contribution in [0, 0.1) is 11.8 Å². The van der Waals surface area contributed by atoms with Crippen LogP contribution in [-0.2, 0) is 0 Å². The molecule has 1 fully saturated rings. The van der Waals surface area contributed by atoms with Gasteiger partial charge in [0.05, 0.1) is 6.10 Å². The molecule has 78 valence electrons. The fourth-order valence-electron chi connectivity index (χ4n) is 2.06. The van der Waals surface area contributed by atoms with Gasteiger partial charge in [-0.2, -0.15) is 0 Å². The predicted molar refractivity (Wildman–Crippen MR) is 55.6 cm³/mol. The molecule has 3 atom stereocenters. The van der Waals surface area contributed by atoms with Crippen LogP contribution in [0.2, 0.25) is 0 Å². The fraction of sp³-hybridized carbons (Fsp3) is 1.00. The van der Waals surface area contributed by atoms with E-state index in [4.69, 9.17) is 0 Å². The molecule has 0 radical (unpaired) electrons. The van der Waals surface area contributed by atoms with Gasteiger partial charge in [0.1, 0.15) is 0 Å². The molecular formula is C11H23NO. The Morgan fingerprint density at radius 1 is 1.08 bits per heavy atom. The van der Waals surface area contributed by atoms with Crippen LogP contribution >= 0.6 is 0 Å². The summed E-state index contributed by atoms with van der Waals surface area (Å²) < 4.78 is 0. The van der Waals surface area contributed by atoms with E-state index in [2.05, 4.69) is 33.0 Å². The average Bonchev–Trinajstić information content (AvgIpc) is 2.50. The lowest BCUT2D eigenvalue weighted by molar-refractivity contribution is 0.0877. The van der Waals surface area contributed by atoms with E-state index in [1.54, 1.807) is 0 Å². The minimum Gasteiger partial charge on any atom is -0.391 e. The summed E-state index contributed by atoms with van der Waals surface area (Å²) in [6, 6.07) is 0.936. The molecule has 1 heterocycles. The molecule has 0 aliphatic carbocycles. The van der Waals surface area contributed by atoms with Gasteiger partial charge in [0.2, 0.25) is 0 Å². The summed E-state index contributed by atoms with van der Waals surface area (Å²) in [5.74, 6) is 1.05. The molecule has 0 spiro atoms. The standard InChI is InChI=1S/C11H23NO/c1-7(2)9-5-6-10(12-9)11(13)8(3)4/h7-13H,5-6H2,1-4H3/t9?,10-,11-/m1/s1. The van der Waals surface area contributed by atoms with Crippen LogP contribution in [0.15, 0.2) is 0 Å². The Kier molecular flexibility index (Phi) is 3.74. The molecule has 1 rings (SSSR count). The minimum atomic E-state index is -0.177. The summed E-state index contributed by atoms with van der Waals surface area (Å²) in [5.41, 5.74) is 0. The highest BCUT2D eigenvalue weighted by Gasteiger charge is 2.31. The third-order valence-corrected chi connectivity index (χ3v) is 3.12. The van der Waals surface area contributed by atoms with Crippen molar-refractivity contribution in [2.24, 2.45) is 11.8 Å². The summed E-state index contributed by atoms with van der Waals surface area (Å²) in [6.07, 6.45) is 2.16. The Morgan fingerprint density at radius 2 is 1.62 bits per heavy atom. The second-order valence-corrected chi connectivity index (χ2v) is 4.94. The maximum atomic E-state index is 9.86. The first kappa shape index (κ1) is 11.0. The van der Waals surface area contributed by atoms with E-state index in [0.29, 0.717) is 23.9 Å². The van der Waals surface area contributed by atoms with Crippen molar-refractivity contribution in [1.82, 2.24) is 5.32 Å². The second kappa shape index (κ2) is 4.43. The van der Waals surface area contributed by atoms with Crippen LogP contribution in [-0.4, -0.2) is 23.3 Å². The van der Waals surface area contributed by atoms with Gasteiger partial charge in [0, 0.05) is 12.1 Å². The molecule has 0 aromatic heterocycles. The quantitative estimate of drug-likeness (QED) is 0.702. The maximum Gasteiger partial charge on any atom is 0.0716 e. The third kappa shape index (κ3) is 2.68. The molecule has 13 heavy (non-hydrogen) atoms. The molecule has 1 aliphatic heterocycles. The smallest absolute Gasteiger partial charge is 0.0716 e. The zero-order chi connectivity index (χ0) is 10.0. The van der Waals surface area contributed by atoms with E-state index < -0.39 is 0 Å². The van der Waals surface area contributed by atoms with Gasteiger partial charge in [-0.1, -0.05) is 27.7 Å². The average molecular weight is 185 g/mol. The zero-order valence-electron chi connectivity index (χ0n) is 9.25. The molecule has 0 aromatic carbocycles. The van der Waals surface area contributed by atoms with E-state index in [1.807, 2.05) is 0 Å². The van der Waals surface area contributed by atoms with Gasteiger partial charge in [-0.25, -0.2) is 0 Å². The highest BCUT2D eigenvalue weighted by molar-refractivity contribution is 4.90. The van der Waals surface area contributed by atoms with Crippen LogP contribution < -0.4 is 5.32 Å². The first-order valence-electron chi connectivity index (χ1n) is 5.46. The molecule has 1 unspecified atom stereocenters. The van der Waals surface area contributed by atoms with Crippen molar-refractivity contribution in [2.45, 2.75) is 58.7 Å². The van der Waals surface area contributed by atoms with Gasteiger partial charge in [0.15, 0.2) is 0 Å². The lowest BCUT2D eigenvalue weighted by Gasteiger charge is -2.24. The van der Waals surface area contributed by atoms with Crippen LogP contribution in [0.5, 0.6) is 0 Å². The van der Waals surface area contributed by atoms with Gasteiger partial charge in [-0.3, -0.25) is 0 Å². The number of hydrogen-bond acceptors (Lipinski definition) is 2. The van der Waals surface area contributed by atoms with Crippen molar-refractivity contribution in [2.75, 3.05) is 0 Å². The summed E-state index contributed by atoms with van der Waals surface area (Å²) in [5, 5.41) is 13.4. The molecule has 2 nitrogen and oxygen atoms in total. The fourth-order valence-corrected chi connectivity index (χ4v) is 2.06. The van der Waals surface area contributed by atoms with E-state index in [0.717, 1.165) is 6.42 Å². The summed E-state index contributed by atoms with van der Waals surface area (Å²) in [6.45, 7) is 8.63. The Labute approximate surface area is 81.7 Å². The van der Waals surface area contributed by atoms with Crippen molar-refractivity contribution in [3.63, 3.8) is 0 Å². The number of aliphatic hydroxyl groups excluding tert-OH is 1. The highest BCUT2D eigenvalue weighted by atomic mass is 16.3. The van der Waals surface area contributed by atoms with Crippen LogP contribution in [0.25, 0.3) is 0 Å². The molecule has 0 aromatic rings. The number of rotatable bonds is 3. The SMILES string of the molecule is CC(C)C1CC[C@H]([C@H](O)C(C)C)N1. The topological polar surface area (TPSA) is 32.3 Å². The van der Waals surface area contributed by atoms with Gasteiger partial charge >= 0.3 is 0 Å². The Morgan fingerprint density at radius 3 is 2.00 bits per heavy atom. The van der Waals surface area contributed by atoms with Crippen LogP contribution in [0.1, 0.15) is 40.5 Å². The first-order valence-corrected chi connectivity index (χ1v) is 5.46. The summed E-state index contributed by atoms with van der Waals surface area (Å²) >= 11 is 0. The highest BCUT2D eigenvalue weighted by Crippen LogP contribution is 2.23. The monoisotopic (exact) mass is 185 g/mol. The Balaban J connectivity index is 2.40. The van der Waals surface area contributed by atoms with Crippen molar-refractivity contribution >= 4 is 0 Å². The largest absolute Gasteiger partial charge is 0.391 e. The Bertz CT molecular complexity index is 156. The molecule has 0 saturated carbocycles. The molecule has 1 saturated heterocycles. The maximum absolute atomic E-state index is 9.86. The van der Waals surface area contributed by atoms with Crippen molar-refractivity contribution < 1.29 is 5.11 Å². The molecule has 2 N–H and O–H groups in total. The minimum absolute atomic E-state index is 0.177. The van der Waals surface area contributed by atoms with E-state index in [1.165, 1.54) is 6.42 Å². The van der Waals surface area contributed by atoms with Gasteiger partial charge in [-0.15, -0.1) is 0 Å².